The number of alkyl halides is 3. The summed E-state index contributed by atoms with van der Waals surface area (Å²) < 4.78 is 42.2. The molecule has 1 rings (SSSR count). The summed E-state index contributed by atoms with van der Waals surface area (Å²) in [4.78, 5) is 12.0. The lowest BCUT2D eigenvalue weighted by Gasteiger charge is -2.16. The van der Waals surface area contributed by atoms with Crippen molar-refractivity contribution in [2.24, 2.45) is 0 Å². The summed E-state index contributed by atoms with van der Waals surface area (Å²) in [6, 6.07) is -0.770. The van der Waals surface area contributed by atoms with Crippen LogP contribution in [0.4, 0.5) is 25.1 Å². The molecular weight excluding hydrogens is 287 g/mol. The molecule has 1 unspecified atom stereocenters. The van der Waals surface area contributed by atoms with Crippen LogP contribution in [-0.4, -0.2) is 40.3 Å². The Bertz CT molecular complexity index is 441. The van der Waals surface area contributed by atoms with Crippen LogP contribution in [0.1, 0.15) is 33.6 Å². The van der Waals surface area contributed by atoms with Crippen LogP contribution in [0.3, 0.4) is 0 Å². The number of nitrogens with one attached hydrogen (secondary N) is 2. The van der Waals surface area contributed by atoms with Gasteiger partial charge in [-0.05, 0) is 20.3 Å². The van der Waals surface area contributed by atoms with Gasteiger partial charge in [0.2, 0.25) is 11.9 Å². The first-order chi connectivity index (χ1) is 9.84. The van der Waals surface area contributed by atoms with E-state index in [1.165, 1.54) is 6.92 Å². The van der Waals surface area contributed by atoms with Crippen LogP contribution in [0, 0.1) is 0 Å². The predicted octanol–water partition coefficient (Wildman–Crippen LogP) is 2.85. The maximum absolute atomic E-state index is 12.3. The van der Waals surface area contributed by atoms with E-state index in [4.69, 9.17) is 4.74 Å². The zero-order valence-corrected chi connectivity index (χ0v) is 12.3. The second-order valence-electron chi connectivity index (χ2n) is 4.49. The third kappa shape index (κ3) is 6.96. The monoisotopic (exact) mass is 307 g/mol. The number of anilines is 2. The van der Waals surface area contributed by atoms with Crippen molar-refractivity contribution in [2.75, 3.05) is 23.8 Å². The molecule has 0 aliphatic carbocycles. The van der Waals surface area contributed by atoms with Crippen LogP contribution in [0.25, 0.3) is 0 Å². The van der Waals surface area contributed by atoms with Crippen LogP contribution in [0.2, 0.25) is 0 Å². The summed E-state index contributed by atoms with van der Waals surface area (Å²) in [5.74, 6) is 0.334. The lowest BCUT2D eigenvalue weighted by atomic mass is 10.2. The van der Waals surface area contributed by atoms with E-state index in [-0.39, 0.29) is 17.9 Å². The van der Waals surface area contributed by atoms with Crippen molar-refractivity contribution in [3.63, 3.8) is 0 Å². The Morgan fingerprint density at radius 1 is 1.14 bits per heavy atom. The van der Waals surface area contributed by atoms with Crippen molar-refractivity contribution in [3.8, 4) is 6.01 Å². The van der Waals surface area contributed by atoms with Gasteiger partial charge in [0.1, 0.15) is 0 Å². The van der Waals surface area contributed by atoms with Gasteiger partial charge in [-0.15, -0.1) is 0 Å². The Kier molecular flexibility index (Phi) is 6.44. The Balaban J connectivity index is 2.81. The highest BCUT2D eigenvalue weighted by molar-refractivity contribution is 5.36. The smallest absolute Gasteiger partial charge is 0.391 e. The maximum Gasteiger partial charge on any atom is 0.391 e. The number of aromatic nitrogens is 3. The highest BCUT2D eigenvalue weighted by Crippen LogP contribution is 2.23. The molecule has 1 heterocycles. The average Bonchev–Trinajstić information content (AvgIpc) is 2.34. The molecule has 0 fully saturated rings. The fourth-order valence-electron chi connectivity index (χ4n) is 1.55. The van der Waals surface area contributed by atoms with Crippen LogP contribution >= 0.6 is 0 Å². The summed E-state index contributed by atoms with van der Waals surface area (Å²) in [6.07, 6.45) is -4.35. The molecule has 21 heavy (non-hydrogen) atoms. The number of nitrogens with zero attached hydrogens (tertiary/aromatic N) is 3. The molecule has 0 aromatic carbocycles. The lowest BCUT2D eigenvalue weighted by molar-refractivity contribution is -0.136. The van der Waals surface area contributed by atoms with Crippen LogP contribution < -0.4 is 15.4 Å². The molecule has 0 saturated heterocycles. The molecule has 6 nitrogen and oxygen atoms in total. The molecule has 0 saturated carbocycles. The number of hydrogen-bond donors (Lipinski definition) is 2. The van der Waals surface area contributed by atoms with E-state index in [1.807, 2.05) is 6.92 Å². The van der Waals surface area contributed by atoms with Crippen LogP contribution in [0.5, 0.6) is 6.01 Å². The van der Waals surface area contributed by atoms with E-state index in [9.17, 15) is 13.2 Å². The Morgan fingerprint density at radius 3 is 2.38 bits per heavy atom. The first-order valence-electron chi connectivity index (χ1n) is 6.80. The molecule has 0 aliphatic rings. The average molecular weight is 307 g/mol. The van der Waals surface area contributed by atoms with E-state index < -0.39 is 18.6 Å². The number of ether oxygens (including phenoxy) is 1. The van der Waals surface area contributed by atoms with Crippen molar-refractivity contribution < 1.29 is 17.9 Å². The Hall–Kier alpha value is -1.80. The van der Waals surface area contributed by atoms with Crippen molar-refractivity contribution in [3.05, 3.63) is 0 Å². The minimum atomic E-state index is -4.24. The molecule has 0 spiro atoms. The minimum absolute atomic E-state index is 0.0591. The van der Waals surface area contributed by atoms with Crippen LogP contribution in [0.15, 0.2) is 0 Å². The molecule has 1 aromatic rings. The molecule has 9 heteroatoms. The molecule has 120 valence electrons. The summed E-state index contributed by atoms with van der Waals surface area (Å²) >= 11 is 0. The first kappa shape index (κ1) is 17.3. The van der Waals surface area contributed by atoms with Gasteiger partial charge in [-0.3, -0.25) is 0 Å². The van der Waals surface area contributed by atoms with E-state index in [2.05, 4.69) is 25.6 Å². The summed E-state index contributed by atoms with van der Waals surface area (Å²) in [5.41, 5.74) is 0. The minimum Gasteiger partial charge on any atom is -0.464 e. The zero-order valence-electron chi connectivity index (χ0n) is 12.3. The van der Waals surface area contributed by atoms with Crippen molar-refractivity contribution in [2.45, 2.75) is 45.8 Å². The van der Waals surface area contributed by atoms with E-state index in [1.54, 1.807) is 6.92 Å². The summed E-state index contributed by atoms with van der Waals surface area (Å²) in [6.45, 7) is 6.16. The summed E-state index contributed by atoms with van der Waals surface area (Å²) in [5, 5.41) is 5.56. The van der Waals surface area contributed by atoms with Gasteiger partial charge in [0.05, 0.1) is 13.0 Å². The second-order valence-corrected chi connectivity index (χ2v) is 4.49. The molecule has 0 amide bonds. The number of hydrogen-bond acceptors (Lipinski definition) is 6. The van der Waals surface area contributed by atoms with Gasteiger partial charge in [0.25, 0.3) is 0 Å². The second kappa shape index (κ2) is 7.84. The molecule has 0 radical (unpaired) electrons. The number of rotatable bonds is 8. The van der Waals surface area contributed by atoms with Crippen molar-refractivity contribution in [1.82, 2.24) is 15.0 Å². The molecule has 0 aliphatic heterocycles. The van der Waals surface area contributed by atoms with Crippen molar-refractivity contribution >= 4 is 11.9 Å². The molecule has 1 atom stereocenters. The van der Waals surface area contributed by atoms with E-state index in [0.717, 1.165) is 6.42 Å². The van der Waals surface area contributed by atoms with Gasteiger partial charge >= 0.3 is 12.2 Å². The van der Waals surface area contributed by atoms with Crippen molar-refractivity contribution in [1.29, 1.82) is 0 Å². The quantitative estimate of drug-likeness (QED) is 0.769. The summed E-state index contributed by atoms with van der Waals surface area (Å²) in [7, 11) is 0. The standard InChI is InChI=1S/C12H20F3N5O/c1-4-6-16-9-18-10(20-11(19-9)21-5-2)17-8(3)7-12(13,14)15/h8H,4-7H2,1-3H3,(H2,16,17,18,19,20). The van der Waals surface area contributed by atoms with Gasteiger partial charge in [-0.1, -0.05) is 6.92 Å². The highest BCUT2D eigenvalue weighted by Gasteiger charge is 2.30. The zero-order chi connectivity index (χ0) is 15.9. The molecule has 1 aromatic heterocycles. The predicted molar refractivity (Wildman–Crippen MR) is 73.5 cm³/mol. The number of halogens is 3. The van der Waals surface area contributed by atoms with Gasteiger partial charge in [0, 0.05) is 12.6 Å². The van der Waals surface area contributed by atoms with Crippen LogP contribution in [-0.2, 0) is 0 Å². The maximum atomic E-state index is 12.3. The third-order valence-electron chi connectivity index (χ3n) is 2.33. The van der Waals surface area contributed by atoms with Gasteiger partial charge < -0.3 is 15.4 Å². The fraction of sp³-hybridized carbons (Fsp3) is 0.750. The lowest BCUT2D eigenvalue weighted by Crippen LogP contribution is -2.25. The molecule has 0 bridgehead atoms. The Morgan fingerprint density at radius 2 is 1.81 bits per heavy atom. The normalized spacial score (nSPS) is 12.9. The van der Waals surface area contributed by atoms with Gasteiger partial charge in [0.15, 0.2) is 0 Å². The van der Waals surface area contributed by atoms with Gasteiger partial charge in [-0.25, -0.2) is 0 Å². The SMILES string of the molecule is CCCNc1nc(NC(C)CC(F)(F)F)nc(OCC)n1. The molecule has 2 N–H and O–H groups in total. The third-order valence-corrected chi connectivity index (χ3v) is 2.33. The molecular formula is C12H20F3N5O. The highest BCUT2D eigenvalue weighted by atomic mass is 19.4. The fourth-order valence-corrected chi connectivity index (χ4v) is 1.55. The van der Waals surface area contributed by atoms with E-state index in [0.29, 0.717) is 13.2 Å². The largest absolute Gasteiger partial charge is 0.464 e. The first-order valence-corrected chi connectivity index (χ1v) is 6.80. The van der Waals surface area contributed by atoms with E-state index >= 15 is 0 Å². The topological polar surface area (TPSA) is 72.0 Å². The van der Waals surface area contributed by atoms with Gasteiger partial charge in [-0.2, -0.15) is 28.1 Å². The Labute approximate surface area is 121 Å².